The second-order valence-electron chi connectivity index (χ2n) is 4.85. The molecule has 1 aliphatic heterocycles. The molecule has 0 aliphatic carbocycles. The van der Waals surface area contributed by atoms with Crippen molar-refractivity contribution in [1.82, 2.24) is 5.32 Å². The molecule has 1 atom stereocenters. The van der Waals surface area contributed by atoms with Gasteiger partial charge in [-0.3, -0.25) is 4.79 Å². The molecule has 2 rings (SSSR count). The van der Waals surface area contributed by atoms with Crippen LogP contribution in [0.3, 0.4) is 0 Å². The maximum absolute atomic E-state index is 11.6. The highest BCUT2D eigenvalue weighted by Crippen LogP contribution is 2.21. The molecule has 0 amide bonds. The number of esters is 2. The van der Waals surface area contributed by atoms with Crippen LogP contribution in [0.2, 0.25) is 5.02 Å². The van der Waals surface area contributed by atoms with Crippen molar-refractivity contribution < 1.29 is 14.3 Å². The zero-order valence-electron chi connectivity index (χ0n) is 11.6. The highest BCUT2D eigenvalue weighted by atomic mass is 35.5. The molecule has 1 saturated heterocycles. The average molecular weight is 328 g/mol. The maximum Gasteiger partial charge on any atom is 0.330 e. The molecule has 4 nitrogen and oxygen atoms in total. The van der Waals surface area contributed by atoms with Gasteiger partial charge in [0.2, 0.25) is 0 Å². The fourth-order valence-corrected chi connectivity index (χ4v) is 3.04. The molecule has 0 saturated carbocycles. The molecule has 1 N–H and O–H groups in total. The van der Waals surface area contributed by atoms with Crippen LogP contribution in [0.15, 0.2) is 29.2 Å². The Bertz CT molecular complexity index is 486. The average Bonchev–Trinajstić information content (AvgIpc) is 3.00. The van der Waals surface area contributed by atoms with Crippen LogP contribution in [0.4, 0.5) is 0 Å². The number of carbonyl (C=O) groups excluding carboxylic acids is 2. The Morgan fingerprint density at radius 3 is 2.76 bits per heavy atom. The minimum absolute atomic E-state index is 0.263. The highest BCUT2D eigenvalue weighted by molar-refractivity contribution is 7.99. The lowest BCUT2D eigenvalue weighted by atomic mass is 10.2. The third kappa shape index (κ3) is 5.69. The first-order valence-corrected chi connectivity index (χ1v) is 8.38. The predicted molar refractivity (Wildman–Crippen MR) is 83.5 cm³/mol. The van der Waals surface area contributed by atoms with E-state index in [1.807, 2.05) is 24.3 Å². The number of ether oxygens (including phenoxy) is 1. The van der Waals surface area contributed by atoms with Gasteiger partial charge in [0.05, 0.1) is 0 Å². The summed E-state index contributed by atoms with van der Waals surface area (Å²) in [5, 5.41) is 3.72. The standard InChI is InChI=1S/C15H18ClNO3S/c16-11-5-7-12(8-6-11)21-10-2-4-14(18)20-15(19)13-3-1-9-17-13/h5-8,13,17H,1-4,9-10H2/t13-/m0/s1. The third-order valence-corrected chi connectivity index (χ3v) is 4.52. The van der Waals surface area contributed by atoms with E-state index in [-0.39, 0.29) is 12.5 Å². The van der Waals surface area contributed by atoms with Crippen molar-refractivity contribution in [3.8, 4) is 0 Å². The Balaban J connectivity index is 1.60. The van der Waals surface area contributed by atoms with Gasteiger partial charge in [-0.2, -0.15) is 0 Å². The molecule has 114 valence electrons. The second kappa shape index (κ2) is 8.41. The number of thioether (sulfide) groups is 1. The van der Waals surface area contributed by atoms with Gasteiger partial charge in [-0.25, -0.2) is 4.79 Å². The zero-order valence-corrected chi connectivity index (χ0v) is 13.2. The molecular formula is C15H18ClNO3S. The van der Waals surface area contributed by atoms with Crippen LogP contribution in [0.5, 0.6) is 0 Å². The van der Waals surface area contributed by atoms with E-state index in [0.717, 1.165) is 30.0 Å². The third-order valence-electron chi connectivity index (χ3n) is 3.17. The number of hydrogen-bond acceptors (Lipinski definition) is 5. The summed E-state index contributed by atoms with van der Waals surface area (Å²) in [7, 11) is 0. The van der Waals surface area contributed by atoms with Crippen molar-refractivity contribution in [2.24, 2.45) is 0 Å². The van der Waals surface area contributed by atoms with Crippen molar-refractivity contribution in [3.63, 3.8) is 0 Å². The van der Waals surface area contributed by atoms with Gasteiger partial charge >= 0.3 is 11.9 Å². The molecule has 0 radical (unpaired) electrons. The maximum atomic E-state index is 11.6. The molecule has 0 aromatic heterocycles. The molecule has 0 bridgehead atoms. The highest BCUT2D eigenvalue weighted by Gasteiger charge is 2.25. The van der Waals surface area contributed by atoms with Gasteiger partial charge in [0.25, 0.3) is 0 Å². The number of rotatable bonds is 6. The number of carbonyl (C=O) groups is 2. The van der Waals surface area contributed by atoms with Crippen molar-refractivity contribution in [1.29, 1.82) is 0 Å². The van der Waals surface area contributed by atoms with E-state index in [9.17, 15) is 9.59 Å². The van der Waals surface area contributed by atoms with E-state index < -0.39 is 11.9 Å². The van der Waals surface area contributed by atoms with Gasteiger partial charge in [0.1, 0.15) is 6.04 Å². The van der Waals surface area contributed by atoms with Gasteiger partial charge in [-0.05, 0) is 55.8 Å². The summed E-state index contributed by atoms with van der Waals surface area (Å²) >= 11 is 7.46. The molecule has 1 aliphatic rings. The molecule has 6 heteroatoms. The monoisotopic (exact) mass is 327 g/mol. The van der Waals surface area contributed by atoms with Crippen molar-refractivity contribution >= 4 is 35.3 Å². The second-order valence-corrected chi connectivity index (χ2v) is 6.45. The lowest BCUT2D eigenvalue weighted by Gasteiger charge is -2.08. The largest absolute Gasteiger partial charge is 0.392 e. The molecule has 1 aromatic carbocycles. The Hall–Kier alpha value is -1.04. The summed E-state index contributed by atoms with van der Waals surface area (Å²) in [6.45, 7) is 0.811. The fourth-order valence-electron chi connectivity index (χ4n) is 2.06. The van der Waals surface area contributed by atoms with Gasteiger partial charge in [-0.15, -0.1) is 11.8 Å². The Morgan fingerprint density at radius 1 is 1.33 bits per heavy atom. The van der Waals surface area contributed by atoms with E-state index in [1.165, 1.54) is 0 Å². The SMILES string of the molecule is O=C(CCCSc1ccc(Cl)cc1)OC(=O)[C@@H]1CCCN1. The van der Waals surface area contributed by atoms with Crippen LogP contribution in [0.1, 0.15) is 25.7 Å². The van der Waals surface area contributed by atoms with Crippen molar-refractivity contribution in [2.75, 3.05) is 12.3 Å². The lowest BCUT2D eigenvalue weighted by Crippen LogP contribution is -2.33. The zero-order chi connectivity index (χ0) is 15.1. The summed E-state index contributed by atoms with van der Waals surface area (Å²) in [6.07, 6.45) is 2.64. The van der Waals surface area contributed by atoms with E-state index in [4.69, 9.17) is 16.3 Å². The first kappa shape index (κ1) is 16.3. The summed E-state index contributed by atoms with van der Waals surface area (Å²) in [5.74, 6) is -0.0830. The smallest absolute Gasteiger partial charge is 0.330 e. The van der Waals surface area contributed by atoms with Crippen LogP contribution in [0, 0.1) is 0 Å². The topological polar surface area (TPSA) is 55.4 Å². The van der Waals surface area contributed by atoms with Gasteiger partial charge in [-0.1, -0.05) is 11.6 Å². The van der Waals surface area contributed by atoms with E-state index in [1.54, 1.807) is 11.8 Å². The summed E-state index contributed by atoms with van der Waals surface area (Å²) in [4.78, 5) is 24.3. The minimum Gasteiger partial charge on any atom is -0.392 e. The minimum atomic E-state index is -0.442. The Labute approximate surface area is 133 Å². The Morgan fingerprint density at radius 2 is 2.10 bits per heavy atom. The molecule has 1 aromatic rings. The number of nitrogens with one attached hydrogen (secondary N) is 1. The molecule has 0 spiro atoms. The first-order valence-electron chi connectivity index (χ1n) is 7.01. The Kier molecular flexibility index (Phi) is 6.54. The predicted octanol–water partition coefficient (Wildman–Crippen LogP) is 3.03. The number of halogens is 1. The van der Waals surface area contributed by atoms with Gasteiger partial charge < -0.3 is 10.1 Å². The molecule has 21 heavy (non-hydrogen) atoms. The first-order chi connectivity index (χ1) is 10.1. The van der Waals surface area contributed by atoms with E-state index >= 15 is 0 Å². The molecule has 0 unspecified atom stereocenters. The number of hydrogen-bond donors (Lipinski definition) is 1. The normalized spacial score (nSPS) is 17.7. The summed E-state index contributed by atoms with van der Waals surface area (Å²) < 4.78 is 4.84. The number of benzene rings is 1. The van der Waals surface area contributed by atoms with Crippen molar-refractivity contribution in [2.45, 2.75) is 36.6 Å². The summed E-state index contributed by atoms with van der Waals surface area (Å²) in [6, 6.07) is 7.26. The molecule has 1 fully saturated rings. The molecular weight excluding hydrogens is 310 g/mol. The van der Waals surface area contributed by atoms with Crippen LogP contribution in [0.25, 0.3) is 0 Å². The van der Waals surface area contributed by atoms with Crippen LogP contribution < -0.4 is 5.32 Å². The van der Waals surface area contributed by atoms with Crippen LogP contribution in [-0.2, 0) is 14.3 Å². The molecule has 1 heterocycles. The van der Waals surface area contributed by atoms with Crippen LogP contribution in [-0.4, -0.2) is 30.3 Å². The van der Waals surface area contributed by atoms with E-state index in [2.05, 4.69) is 5.32 Å². The lowest BCUT2D eigenvalue weighted by molar-refractivity contribution is -0.160. The van der Waals surface area contributed by atoms with Crippen molar-refractivity contribution in [3.05, 3.63) is 29.3 Å². The van der Waals surface area contributed by atoms with E-state index in [0.29, 0.717) is 11.4 Å². The summed E-state index contributed by atoms with van der Waals surface area (Å²) in [5.41, 5.74) is 0. The van der Waals surface area contributed by atoms with Gasteiger partial charge in [0.15, 0.2) is 0 Å². The van der Waals surface area contributed by atoms with Crippen LogP contribution >= 0.6 is 23.4 Å². The quantitative estimate of drug-likeness (QED) is 0.377. The van der Waals surface area contributed by atoms with Gasteiger partial charge in [0, 0.05) is 16.3 Å². The fraction of sp³-hybridized carbons (Fsp3) is 0.467.